The highest BCUT2D eigenvalue weighted by molar-refractivity contribution is 7.89. The van der Waals surface area contributed by atoms with E-state index in [-0.39, 0.29) is 34.6 Å². The van der Waals surface area contributed by atoms with Crippen molar-refractivity contribution in [2.45, 2.75) is 90.5 Å². The number of nitrogens with one attached hydrogen (secondary N) is 3. The lowest BCUT2D eigenvalue weighted by Gasteiger charge is -2.25. The van der Waals surface area contributed by atoms with Crippen molar-refractivity contribution in [3.63, 3.8) is 0 Å². The van der Waals surface area contributed by atoms with Gasteiger partial charge >= 0.3 is 18.3 Å². The highest BCUT2D eigenvalue weighted by atomic mass is 32.2. The highest BCUT2D eigenvalue weighted by Crippen LogP contribution is 2.34. The fourth-order valence-electron chi connectivity index (χ4n) is 4.91. The Balaban J connectivity index is 1.70. The number of carboxylic acid groups (broad SMARTS) is 1. The lowest BCUT2D eigenvalue weighted by Crippen LogP contribution is -2.49. The Labute approximate surface area is 287 Å². The first kappa shape index (κ1) is 36.8. The Hall–Kier alpha value is -5.01. The number of amides is 3. The third-order valence-corrected chi connectivity index (χ3v) is 7.58. The number of alkyl carbamates (subject to hydrolysis) is 2. The van der Waals surface area contributed by atoms with Crippen LogP contribution in [-0.2, 0) is 26.4 Å². The molecule has 1 unspecified atom stereocenters. The van der Waals surface area contributed by atoms with Crippen molar-refractivity contribution in [3.8, 4) is 6.07 Å². The van der Waals surface area contributed by atoms with Gasteiger partial charge in [0.2, 0.25) is 0 Å². The van der Waals surface area contributed by atoms with E-state index in [0.717, 1.165) is 0 Å². The van der Waals surface area contributed by atoms with Crippen LogP contribution in [0.15, 0.2) is 36.5 Å². The molecule has 0 aliphatic heterocycles. The second kappa shape index (κ2) is 14.6. The number of carbonyl (C=O) groups is 3. The normalized spacial score (nSPS) is 14.2. The molecule has 0 spiro atoms. The van der Waals surface area contributed by atoms with Gasteiger partial charge in [-0.15, -0.1) is 0 Å². The SMILES string of the molecule is C/C(=C\C(NC(=O)OC(C)(C)C)NC(=O)OC(C)(C)C)c1ccc(Nc2cc(N(C(=O)O)C3CC3)n3ncc(C#N)c3n2)cc1C[S+](C)[O-]. The Kier molecular flexibility index (Phi) is 11.0. The minimum absolute atomic E-state index is 0.174. The largest absolute Gasteiger partial charge is 0.616 e. The quantitative estimate of drug-likeness (QED) is 0.151. The van der Waals surface area contributed by atoms with Gasteiger partial charge in [0, 0.05) is 23.4 Å². The van der Waals surface area contributed by atoms with Crippen LogP contribution < -0.4 is 20.9 Å². The molecule has 262 valence electrons. The molecule has 1 saturated carbocycles. The Morgan fingerprint density at radius 2 is 1.76 bits per heavy atom. The molecule has 4 N–H and O–H groups in total. The number of fused-ring (bicyclic) bond motifs is 1. The van der Waals surface area contributed by atoms with Crippen LogP contribution in [0.4, 0.5) is 31.7 Å². The number of nitrogens with zero attached hydrogens (tertiary/aromatic N) is 5. The third kappa shape index (κ3) is 10.2. The van der Waals surface area contributed by atoms with Gasteiger partial charge < -0.3 is 24.4 Å². The van der Waals surface area contributed by atoms with E-state index < -0.39 is 46.8 Å². The standard InChI is InChI=1S/C33H42N8O7S/c1-19(13-25(38-29(42)47-32(2,3)4)39-30(43)48-33(5,6)7)24-12-9-22(14-20(24)18-49(8)46)36-26-15-27(40(31(44)45)23-10-11-23)41-28(37-26)21(16-34)17-35-41/h9,12-15,17,23,25H,10-11,18H2,1-8H3,(H,36,37)(H,38,42)(H,39,43)(H,44,45)/b19-13+. The lowest BCUT2D eigenvalue weighted by atomic mass is 10.00. The summed E-state index contributed by atoms with van der Waals surface area (Å²) in [6, 6.07) is 8.73. The third-order valence-electron chi connectivity index (χ3n) is 6.86. The molecule has 3 aromatic rings. The summed E-state index contributed by atoms with van der Waals surface area (Å²) in [5, 5.41) is 32.3. The number of aromatic nitrogens is 3. The van der Waals surface area contributed by atoms with Crippen molar-refractivity contribution < 1.29 is 33.5 Å². The summed E-state index contributed by atoms with van der Waals surface area (Å²) >= 11 is -1.25. The highest BCUT2D eigenvalue weighted by Gasteiger charge is 2.36. The van der Waals surface area contributed by atoms with Gasteiger partial charge in [-0.3, -0.25) is 15.5 Å². The number of hydrogen-bond donors (Lipinski definition) is 4. The molecule has 1 aliphatic rings. The van der Waals surface area contributed by atoms with E-state index in [1.807, 2.05) is 6.07 Å². The lowest BCUT2D eigenvalue weighted by molar-refractivity contribution is 0.0447. The number of anilines is 3. The van der Waals surface area contributed by atoms with Crippen molar-refractivity contribution in [2.24, 2.45) is 0 Å². The molecule has 0 saturated heterocycles. The van der Waals surface area contributed by atoms with Gasteiger partial charge in [0.25, 0.3) is 0 Å². The topological polar surface area (TPSA) is 206 Å². The van der Waals surface area contributed by atoms with Gasteiger partial charge in [-0.2, -0.15) is 14.9 Å². The molecule has 16 heteroatoms. The summed E-state index contributed by atoms with van der Waals surface area (Å²) in [5.41, 5.74) is 1.39. The first-order valence-corrected chi connectivity index (χ1v) is 17.2. The maximum absolute atomic E-state index is 12.7. The second-order valence-corrected chi connectivity index (χ2v) is 15.1. The van der Waals surface area contributed by atoms with Gasteiger partial charge in [0.05, 0.1) is 12.5 Å². The maximum Gasteiger partial charge on any atom is 0.413 e. The molecule has 0 radical (unpaired) electrons. The fraction of sp³-hybridized carbons (Fsp3) is 0.455. The average molecular weight is 695 g/mol. The molecule has 1 aromatic carbocycles. The van der Waals surface area contributed by atoms with Gasteiger partial charge in [0.15, 0.2) is 5.65 Å². The van der Waals surface area contributed by atoms with E-state index in [9.17, 15) is 29.3 Å². The number of hydrogen-bond acceptors (Lipinski definition) is 10. The van der Waals surface area contributed by atoms with Crippen LogP contribution in [0.2, 0.25) is 0 Å². The fourth-order valence-corrected chi connectivity index (χ4v) is 5.58. The van der Waals surface area contributed by atoms with E-state index in [1.165, 1.54) is 15.6 Å². The molecule has 0 bridgehead atoms. The summed E-state index contributed by atoms with van der Waals surface area (Å²) in [6.07, 6.45) is 2.28. The summed E-state index contributed by atoms with van der Waals surface area (Å²) in [4.78, 5) is 43.3. The van der Waals surface area contributed by atoms with Gasteiger partial charge in [-0.25, -0.2) is 19.4 Å². The van der Waals surface area contributed by atoms with Crippen LogP contribution in [0.5, 0.6) is 0 Å². The number of ether oxygens (including phenoxy) is 2. The molecule has 3 amide bonds. The zero-order valence-electron chi connectivity index (χ0n) is 28.8. The predicted octanol–water partition coefficient (Wildman–Crippen LogP) is 5.65. The molecule has 4 rings (SSSR count). The zero-order chi connectivity index (χ0) is 36.3. The Bertz CT molecular complexity index is 1770. The second-order valence-electron chi connectivity index (χ2n) is 13.6. The van der Waals surface area contributed by atoms with E-state index in [0.29, 0.717) is 35.2 Å². The molecule has 2 heterocycles. The van der Waals surface area contributed by atoms with E-state index in [2.05, 4.69) is 26.0 Å². The van der Waals surface area contributed by atoms with Crippen LogP contribution in [0.3, 0.4) is 0 Å². The summed E-state index contributed by atoms with van der Waals surface area (Å²) in [7, 11) is 0. The van der Waals surface area contributed by atoms with Crippen molar-refractivity contribution in [1.29, 1.82) is 5.26 Å². The molecule has 49 heavy (non-hydrogen) atoms. The molecule has 15 nitrogen and oxygen atoms in total. The van der Waals surface area contributed by atoms with Gasteiger partial charge in [0.1, 0.15) is 46.4 Å². The molecule has 1 fully saturated rings. The predicted molar refractivity (Wildman–Crippen MR) is 185 cm³/mol. The van der Waals surface area contributed by atoms with Crippen LogP contribution in [0, 0.1) is 11.3 Å². The van der Waals surface area contributed by atoms with E-state index in [4.69, 9.17) is 9.47 Å². The first-order chi connectivity index (χ1) is 22.8. The van der Waals surface area contributed by atoms with Crippen LogP contribution in [0.1, 0.15) is 78.0 Å². The Morgan fingerprint density at radius 1 is 1.14 bits per heavy atom. The number of rotatable bonds is 10. The molecule has 1 aliphatic carbocycles. The molecular formula is C33H42N8O7S. The molecule has 1 atom stereocenters. The van der Waals surface area contributed by atoms with Crippen LogP contribution in [0.25, 0.3) is 11.2 Å². The van der Waals surface area contributed by atoms with Gasteiger partial charge in [-0.05, 0) is 90.7 Å². The average Bonchev–Trinajstić information content (AvgIpc) is 3.68. The number of carbonyl (C=O) groups excluding carboxylic acids is 2. The summed E-state index contributed by atoms with van der Waals surface area (Å²) in [6.45, 7) is 12.1. The molecule has 2 aromatic heterocycles. The number of benzene rings is 1. The van der Waals surface area contributed by atoms with Crippen molar-refractivity contribution in [1.82, 2.24) is 25.2 Å². The van der Waals surface area contributed by atoms with E-state index >= 15 is 0 Å². The maximum atomic E-state index is 12.7. The van der Waals surface area contributed by atoms with Crippen LogP contribution in [-0.4, -0.2) is 72.2 Å². The van der Waals surface area contributed by atoms with Crippen LogP contribution >= 0.6 is 0 Å². The Morgan fingerprint density at radius 3 is 2.27 bits per heavy atom. The van der Waals surface area contributed by atoms with Gasteiger partial charge in [-0.1, -0.05) is 17.2 Å². The first-order valence-electron chi connectivity index (χ1n) is 15.5. The van der Waals surface area contributed by atoms with Crippen molar-refractivity contribution in [3.05, 3.63) is 53.2 Å². The minimum atomic E-state index is -1.25. The smallest absolute Gasteiger partial charge is 0.413 e. The van der Waals surface area contributed by atoms with Crippen molar-refractivity contribution in [2.75, 3.05) is 16.5 Å². The number of nitriles is 1. The summed E-state index contributed by atoms with van der Waals surface area (Å²) < 4.78 is 24.6. The van der Waals surface area contributed by atoms with E-state index in [1.54, 1.807) is 85.1 Å². The summed E-state index contributed by atoms with van der Waals surface area (Å²) in [5.74, 6) is 0.695. The minimum Gasteiger partial charge on any atom is -0.616 e. The zero-order valence-corrected chi connectivity index (χ0v) is 29.6. The number of allylic oxidation sites excluding steroid dienone is 1. The van der Waals surface area contributed by atoms with Crippen molar-refractivity contribution >= 4 is 58.0 Å². The molecular weight excluding hydrogens is 652 g/mol. The monoisotopic (exact) mass is 694 g/mol.